The molecule has 0 aliphatic carbocycles. The largest absolute Gasteiger partial charge is 0.362 e. The lowest BCUT2D eigenvalue weighted by molar-refractivity contribution is -0.126. The number of amides is 2. The molecule has 3 aliphatic rings. The number of ether oxygens (including phenoxy) is 1. The molecule has 2 bridgehead atoms. The highest BCUT2D eigenvalue weighted by atomic mass is 16.5. The van der Waals surface area contributed by atoms with E-state index in [2.05, 4.69) is 0 Å². The number of imide groups is 1. The highest BCUT2D eigenvalue weighted by Gasteiger charge is 2.65. The topological polar surface area (TPSA) is 70.4 Å². The van der Waals surface area contributed by atoms with E-state index in [0.29, 0.717) is 11.3 Å². The second-order valence-electron chi connectivity index (χ2n) is 5.80. The molecule has 5 heteroatoms. The first-order valence-electron chi connectivity index (χ1n) is 6.80. The van der Waals surface area contributed by atoms with Gasteiger partial charge in [0, 0.05) is 0 Å². The summed E-state index contributed by atoms with van der Waals surface area (Å²) in [5.41, 5.74) is 0.333. The third-order valence-electron chi connectivity index (χ3n) is 4.58. The Hall–Kier alpha value is -2.45. The van der Waals surface area contributed by atoms with Crippen molar-refractivity contribution in [1.82, 2.24) is 0 Å². The lowest BCUT2D eigenvalue weighted by Gasteiger charge is -2.24. The molecule has 0 saturated carbocycles. The van der Waals surface area contributed by atoms with Gasteiger partial charge in [0.25, 0.3) is 0 Å². The molecular formula is C16H12N2O3. The fourth-order valence-electron chi connectivity index (χ4n) is 3.59. The normalized spacial score (nSPS) is 36.2. The van der Waals surface area contributed by atoms with Crippen molar-refractivity contribution in [2.24, 2.45) is 11.8 Å². The van der Waals surface area contributed by atoms with E-state index < -0.39 is 17.4 Å². The number of fused-ring (bicyclic) bond motifs is 5. The van der Waals surface area contributed by atoms with E-state index in [9.17, 15) is 9.59 Å². The Morgan fingerprint density at radius 2 is 1.95 bits per heavy atom. The Morgan fingerprint density at radius 3 is 2.57 bits per heavy atom. The summed E-state index contributed by atoms with van der Waals surface area (Å²) in [6.07, 6.45) is 3.45. The molecular weight excluding hydrogens is 268 g/mol. The molecule has 5 nitrogen and oxygen atoms in total. The monoisotopic (exact) mass is 280 g/mol. The summed E-state index contributed by atoms with van der Waals surface area (Å²) in [5, 5.41) is 8.82. The number of nitriles is 1. The van der Waals surface area contributed by atoms with E-state index in [1.165, 1.54) is 4.90 Å². The van der Waals surface area contributed by atoms with Crippen LogP contribution in [0.4, 0.5) is 5.69 Å². The Morgan fingerprint density at radius 1 is 1.24 bits per heavy atom. The van der Waals surface area contributed by atoms with Crippen molar-refractivity contribution >= 4 is 17.5 Å². The smallest absolute Gasteiger partial charge is 0.241 e. The van der Waals surface area contributed by atoms with Crippen LogP contribution >= 0.6 is 0 Å². The molecule has 1 aromatic carbocycles. The maximum Gasteiger partial charge on any atom is 0.241 e. The number of rotatable bonds is 1. The van der Waals surface area contributed by atoms with Gasteiger partial charge in [-0.1, -0.05) is 12.2 Å². The maximum atomic E-state index is 12.7. The lowest BCUT2D eigenvalue weighted by atomic mass is 9.78. The third kappa shape index (κ3) is 1.43. The summed E-state index contributed by atoms with van der Waals surface area (Å²) in [4.78, 5) is 26.5. The quantitative estimate of drug-likeness (QED) is 0.576. The summed E-state index contributed by atoms with van der Waals surface area (Å²) in [7, 11) is 0. The number of benzene rings is 1. The molecule has 2 amide bonds. The van der Waals surface area contributed by atoms with Crippen molar-refractivity contribution < 1.29 is 14.3 Å². The summed E-state index contributed by atoms with van der Waals surface area (Å²) in [6, 6.07) is 8.50. The van der Waals surface area contributed by atoms with Gasteiger partial charge in [0.2, 0.25) is 11.8 Å². The van der Waals surface area contributed by atoms with Gasteiger partial charge < -0.3 is 4.74 Å². The molecule has 4 atom stereocenters. The van der Waals surface area contributed by atoms with Gasteiger partial charge in [0.05, 0.1) is 40.9 Å². The zero-order valence-electron chi connectivity index (χ0n) is 11.3. The van der Waals surface area contributed by atoms with E-state index in [-0.39, 0.29) is 17.9 Å². The van der Waals surface area contributed by atoms with Crippen LogP contribution in [0.1, 0.15) is 12.5 Å². The van der Waals surface area contributed by atoms with Gasteiger partial charge in [-0.2, -0.15) is 5.26 Å². The van der Waals surface area contributed by atoms with Crippen LogP contribution in [0.25, 0.3) is 0 Å². The first kappa shape index (κ1) is 12.3. The van der Waals surface area contributed by atoms with Gasteiger partial charge in [0.1, 0.15) is 0 Å². The van der Waals surface area contributed by atoms with Crippen LogP contribution in [0.5, 0.6) is 0 Å². The number of carbonyl (C=O) groups is 2. The van der Waals surface area contributed by atoms with E-state index in [1.54, 1.807) is 24.3 Å². The molecule has 2 fully saturated rings. The van der Waals surface area contributed by atoms with Gasteiger partial charge in [-0.15, -0.1) is 0 Å². The average Bonchev–Trinajstić information content (AvgIpc) is 3.09. The van der Waals surface area contributed by atoms with E-state index in [4.69, 9.17) is 10.00 Å². The molecule has 0 spiro atoms. The van der Waals surface area contributed by atoms with Crippen LogP contribution in [-0.2, 0) is 14.3 Å². The fourth-order valence-corrected chi connectivity index (χ4v) is 3.59. The second kappa shape index (κ2) is 3.80. The van der Waals surface area contributed by atoms with E-state index in [1.807, 2.05) is 25.1 Å². The molecule has 4 rings (SSSR count). The predicted octanol–water partition coefficient (Wildman–Crippen LogP) is 1.39. The van der Waals surface area contributed by atoms with Gasteiger partial charge in [0.15, 0.2) is 0 Å². The van der Waals surface area contributed by atoms with Crippen LogP contribution in [-0.4, -0.2) is 23.5 Å². The molecule has 3 aliphatic heterocycles. The van der Waals surface area contributed by atoms with E-state index >= 15 is 0 Å². The highest BCUT2D eigenvalue weighted by Crippen LogP contribution is 2.52. The fraction of sp³-hybridized carbons (Fsp3) is 0.312. The van der Waals surface area contributed by atoms with Crippen molar-refractivity contribution in [2.45, 2.75) is 18.6 Å². The molecule has 21 heavy (non-hydrogen) atoms. The molecule has 0 unspecified atom stereocenters. The number of hydrogen-bond donors (Lipinski definition) is 0. The van der Waals surface area contributed by atoms with E-state index in [0.717, 1.165) is 0 Å². The first-order chi connectivity index (χ1) is 10.0. The van der Waals surface area contributed by atoms with Gasteiger partial charge in [-0.05, 0) is 31.2 Å². The van der Waals surface area contributed by atoms with Crippen LogP contribution in [0.15, 0.2) is 36.4 Å². The van der Waals surface area contributed by atoms with Crippen molar-refractivity contribution in [1.29, 1.82) is 5.26 Å². The van der Waals surface area contributed by atoms with Gasteiger partial charge in [-0.3, -0.25) is 9.59 Å². The minimum atomic E-state index is -0.677. The number of carbonyl (C=O) groups excluding carboxylic acids is 2. The Balaban J connectivity index is 1.75. The molecule has 3 heterocycles. The number of anilines is 1. The molecule has 2 saturated heterocycles. The molecule has 0 N–H and O–H groups in total. The zero-order chi connectivity index (χ0) is 14.8. The first-order valence-corrected chi connectivity index (χ1v) is 6.80. The third-order valence-corrected chi connectivity index (χ3v) is 4.58. The summed E-state index contributed by atoms with van der Waals surface area (Å²) in [6.45, 7) is 1.85. The van der Waals surface area contributed by atoms with Crippen LogP contribution in [0, 0.1) is 23.2 Å². The van der Waals surface area contributed by atoms with Crippen LogP contribution < -0.4 is 4.90 Å². The Kier molecular flexibility index (Phi) is 2.23. The second-order valence-corrected chi connectivity index (χ2v) is 5.80. The van der Waals surface area contributed by atoms with Crippen molar-refractivity contribution in [3.63, 3.8) is 0 Å². The number of nitrogens with zero attached hydrogens (tertiary/aromatic N) is 2. The van der Waals surface area contributed by atoms with Crippen LogP contribution in [0.3, 0.4) is 0 Å². The predicted molar refractivity (Wildman–Crippen MR) is 73.0 cm³/mol. The lowest BCUT2D eigenvalue weighted by Crippen LogP contribution is -2.38. The summed E-state index contributed by atoms with van der Waals surface area (Å²) < 4.78 is 5.77. The molecule has 0 radical (unpaired) electrons. The Bertz CT molecular complexity index is 731. The van der Waals surface area contributed by atoms with Gasteiger partial charge >= 0.3 is 0 Å². The standard InChI is InChI=1S/C16H12N2O3/c1-16-7-6-11(21-16)12-13(16)15(20)18(14(12)19)10-4-2-9(8-17)3-5-10/h2-7,11-13H,1H3/t11-,12+,13-,16+/m1/s1. The SMILES string of the molecule is C[C@@]12C=C[C@@H](O1)[C@@H]1C(=O)N(c3ccc(C#N)cc3)C(=O)[C@@H]12. The van der Waals surface area contributed by atoms with Crippen molar-refractivity contribution in [3.8, 4) is 6.07 Å². The molecule has 1 aromatic rings. The average molecular weight is 280 g/mol. The highest BCUT2D eigenvalue weighted by molar-refractivity contribution is 6.23. The van der Waals surface area contributed by atoms with Crippen LogP contribution in [0.2, 0.25) is 0 Å². The van der Waals surface area contributed by atoms with Crippen molar-refractivity contribution in [2.75, 3.05) is 4.90 Å². The summed E-state index contributed by atoms with van der Waals surface area (Å²) in [5.74, 6) is -1.31. The molecule has 0 aromatic heterocycles. The number of hydrogen-bond acceptors (Lipinski definition) is 4. The maximum absolute atomic E-state index is 12.7. The Labute approximate surface area is 121 Å². The molecule has 104 valence electrons. The minimum Gasteiger partial charge on any atom is -0.362 e. The van der Waals surface area contributed by atoms with Gasteiger partial charge in [-0.25, -0.2) is 4.90 Å². The summed E-state index contributed by atoms with van der Waals surface area (Å²) >= 11 is 0. The zero-order valence-corrected chi connectivity index (χ0v) is 11.3. The minimum absolute atomic E-state index is 0.215. The van der Waals surface area contributed by atoms with Crippen molar-refractivity contribution in [3.05, 3.63) is 42.0 Å².